The van der Waals surface area contributed by atoms with Gasteiger partial charge in [0.15, 0.2) is 0 Å². The molecule has 24 heavy (non-hydrogen) atoms. The van der Waals surface area contributed by atoms with E-state index < -0.39 is 21.8 Å². The second-order valence-corrected chi connectivity index (χ2v) is 7.51. The van der Waals surface area contributed by atoms with Crippen LogP contribution in [-0.2, 0) is 14.8 Å². The summed E-state index contributed by atoms with van der Waals surface area (Å²) in [6.45, 7) is 1.58. The predicted molar refractivity (Wildman–Crippen MR) is 91.3 cm³/mol. The first kappa shape index (κ1) is 16.2. The predicted octanol–water partition coefficient (Wildman–Crippen LogP) is 2.25. The van der Waals surface area contributed by atoms with E-state index in [9.17, 15) is 18.0 Å². The molecule has 0 saturated carbocycles. The molecule has 1 saturated heterocycles. The minimum absolute atomic E-state index is 0.192. The van der Waals surface area contributed by atoms with Crippen molar-refractivity contribution in [1.82, 2.24) is 0 Å². The lowest BCUT2D eigenvalue weighted by molar-refractivity contribution is -0.119. The van der Waals surface area contributed by atoms with Gasteiger partial charge in [-0.3, -0.25) is 9.59 Å². The SMILES string of the molecule is C[C@@H]1CS(=O)(=O)N(c2ccc(C(=O)Nc3ccccc3)cc2)C1=O. The fourth-order valence-electron chi connectivity index (χ4n) is 2.56. The fraction of sp³-hybridized carbons (Fsp3) is 0.176. The Balaban J connectivity index is 1.81. The van der Waals surface area contributed by atoms with Crippen LogP contribution in [-0.4, -0.2) is 26.0 Å². The van der Waals surface area contributed by atoms with Gasteiger partial charge in [-0.2, -0.15) is 0 Å². The summed E-state index contributed by atoms with van der Waals surface area (Å²) in [5.41, 5.74) is 1.29. The van der Waals surface area contributed by atoms with Gasteiger partial charge in [-0.25, -0.2) is 12.7 Å². The molecule has 1 fully saturated rings. The van der Waals surface area contributed by atoms with Crippen LogP contribution < -0.4 is 9.62 Å². The largest absolute Gasteiger partial charge is 0.322 e. The Morgan fingerprint density at radius 3 is 2.25 bits per heavy atom. The monoisotopic (exact) mass is 344 g/mol. The zero-order valence-corrected chi connectivity index (χ0v) is 13.8. The number of benzene rings is 2. The first-order chi connectivity index (χ1) is 11.4. The Labute approximate surface area is 140 Å². The molecule has 0 spiro atoms. The van der Waals surface area contributed by atoms with Crippen molar-refractivity contribution in [2.45, 2.75) is 6.92 Å². The number of carbonyl (C=O) groups excluding carboxylic acids is 2. The average molecular weight is 344 g/mol. The summed E-state index contributed by atoms with van der Waals surface area (Å²) in [6.07, 6.45) is 0. The summed E-state index contributed by atoms with van der Waals surface area (Å²) in [5, 5.41) is 2.74. The minimum Gasteiger partial charge on any atom is -0.322 e. The van der Waals surface area contributed by atoms with Gasteiger partial charge in [0, 0.05) is 11.3 Å². The first-order valence-electron chi connectivity index (χ1n) is 7.42. The summed E-state index contributed by atoms with van der Waals surface area (Å²) in [7, 11) is -3.64. The summed E-state index contributed by atoms with van der Waals surface area (Å²) < 4.78 is 25.0. The first-order valence-corrected chi connectivity index (χ1v) is 9.03. The van der Waals surface area contributed by atoms with Crippen LogP contribution in [0.3, 0.4) is 0 Å². The molecule has 2 amide bonds. The summed E-state index contributed by atoms with van der Waals surface area (Å²) >= 11 is 0. The van der Waals surface area contributed by atoms with Gasteiger partial charge in [-0.1, -0.05) is 25.1 Å². The van der Waals surface area contributed by atoms with Crippen LogP contribution in [0.25, 0.3) is 0 Å². The number of para-hydroxylation sites is 1. The number of carbonyl (C=O) groups is 2. The normalized spacial score (nSPS) is 19.3. The van der Waals surface area contributed by atoms with Crippen molar-refractivity contribution in [3.63, 3.8) is 0 Å². The lowest BCUT2D eigenvalue weighted by Gasteiger charge is -2.15. The van der Waals surface area contributed by atoms with E-state index in [1.807, 2.05) is 18.2 Å². The molecule has 1 aliphatic heterocycles. The number of hydrogen-bond donors (Lipinski definition) is 1. The molecule has 1 heterocycles. The van der Waals surface area contributed by atoms with Crippen molar-refractivity contribution in [2.24, 2.45) is 5.92 Å². The van der Waals surface area contributed by atoms with E-state index in [2.05, 4.69) is 5.32 Å². The van der Waals surface area contributed by atoms with Crippen LogP contribution >= 0.6 is 0 Å². The molecule has 124 valence electrons. The van der Waals surface area contributed by atoms with Gasteiger partial charge in [0.25, 0.3) is 5.91 Å². The molecule has 0 radical (unpaired) electrons. The molecule has 7 heteroatoms. The number of hydrogen-bond acceptors (Lipinski definition) is 4. The Morgan fingerprint density at radius 1 is 1.08 bits per heavy atom. The van der Waals surface area contributed by atoms with Gasteiger partial charge in [-0.05, 0) is 36.4 Å². The van der Waals surface area contributed by atoms with Crippen molar-refractivity contribution in [2.75, 3.05) is 15.4 Å². The van der Waals surface area contributed by atoms with Crippen LogP contribution in [0.15, 0.2) is 54.6 Å². The number of rotatable bonds is 3. The van der Waals surface area contributed by atoms with Crippen LogP contribution in [0.1, 0.15) is 17.3 Å². The molecule has 1 aliphatic rings. The Bertz CT molecular complexity index is 877. The van der Waals surface area contributed by atoms with Crippen LogP contribution in [0.5, 0.6) is 0 Å². The molecule has 0 unspecified atom stereocenters. The maximum atomic E-state index is 12.2. The molecular formula is C17H16N2O4S. The van der Waals surface area contributed by atoms with E-state index >= 15 is 0 Å². The third-order valence-electron chi connectivity index (χ3n) is 3.76. The van der Waals surface area contributed by atoms with Gasteiger partial charge in [0.1, 0.15) is 0 Å². The Morgan fingerprint density at radius 2 is 1.71 bits per heavy atom. The molecule has 2 aromatic carbocycles. The number of sulfonamides is 1. The average Bonchev–Trinajstić information content (AvgIpc) is 2.76. The van der Waals surface area contributed by atoms with Crippen molar-refractivity contribution >= 4 is 33.2 Å². The molecule has 1 atom stereocenters. The second-order valence-electron chi connectivity index (χ2n) is 5.65. The van der Waals surface area contributed by atoms with Gasteiger partial charge in [0.05, 0.1) is 17.4 Å². The fourth-order valence-corrected chi connectivity index (χ4v) is 4.38. The number of nitrogens with one attached hydrogen (secondary N) is 1. The van der Waals surface area contributed by atoms with E-state index in [1.165, 1.54) is 24.3 Å². The minimum atomic E-state index is -3.64. The molecular weight excluding hydrogens is 328 g/mol. The number of amides is 2. The standard InChI is InChI=1S/C17H16N2O4S/c1-12-11-24(22,23)19(17(12)21)15-9-7-13(8-10-15)16(20)18-14-5-3-2-4-6-14/h2-10,12H,11H2,1H3,(H,18,20)/t12-/m1/s1. The van der Waals surface area contributed by atoms with Crippen LogP contribution in [0.2, 0.25) is 0 Å². The molecule has 0 bridgehead atoms. The lowest BCUT2D eigenvalue weighted by Crippen LogP contribution is -2.30. The third-order valence-corrected chi connectivity index (χ3v) is 5.62. The Kier molecular flexibility index (Phi) is 4.11. The summed E-state index contributed by atoms with van der Waals surface area (Å²) in [5.74, 6) is -1.51. The van der Waals surface area contributed by atoms with Gasteiger partial charge in [0.2, 0.25) is 15.9 Å². The van der Waals surface area contributed by atoms with Gasteiger partial charge in [-0.15, -0.1) is 0 Å². The van der Waals surface area contributed by atoms with E-state index in [-0.39, 0.29) is 17.3 Å². The molecule has 3 rings (SSSR count). The van der Waals surface area contributed by atoms with Crippen molar-refractivity contribution in [3.05, 3.63) is 60.2 Å². The maximum absolute atomic E-state index is 12.2. The smallest absolute Gasteiger partial charge is 0.255 e. The van der Waals surface area contributed by atoms with E-state index in [0.717, 1.165) is 4.31 Å². The van der Waals surface area contributed by atoms with Crippen LogP contribution in [0.4, 0.5) is 11.4 Å². The topological polar surface area (TPSA) is 83.6 Å². The highest BCUT2D eigenvalue weighted by Gasteiger charge is 2.41. The van der Waals surface area contributed by atoms with Crippen molar-refractivity contribution < 1.29 is 18.0 Å². The van der Waals surface area contributed by atoms with Gasteiger partial charge >= 0.3 is 0 Å². The molecule has 0 aliphatic carbocycles. The van der Waals surface area contributed by atoms with E-state index in [1.54, 1.807) is 19.1 Å². The molecule has 1 N–H and O–H groups in total. The highest BCUT2D eigenvalue weighted by molar-refractivity contribution is 7.94. The summed E-state index contributed by atoms with van der Waals surface area (Å²) in [6, 6.07) is 14.9. The van der Waals surface area contributed by atoms with Crippen molar-refractivity contribution in [3.8, 4) is 0 Å². The molecule has 0 aromatic heterocycles. The summed E-state index contributed by atoms with van der Waals surface area (Å²) in [4.78, 5) is 24.2. The molecule has 6 nitrogen and oxygen atoms in total. The van der Waals surface area contributed by atoms with Crippen molar-refractivity contribution in [1.29, 1.82) is 0 Å². The highest BCUT2D eigenvalue weighted by Crippen LogP contribution is 2.28. The number of anilines is 2. The zero-order chi connectivity index (χ0) is 17.3. The van der Waals surface area contributed by atoms with Crippen LogP contribution in [0, 0.1) is 5.92 Å². The molecule has 2 aromatic rings. The lowest BCUT2D eigenvalue weighted by atomic mass is 10.1. The Hall–Kier alpha value is -2.67. The quantitative estimate of drug-likeness (QED) is 0.926. The maximum Gasteiger partial charge on any atom is 0.255 e. The van der Waals surface area contributed by atoms with E-state index in [0.29, 0.717) is 11.3 Å². The van der Waals surface area contributed by atoms with E-state index in [4.69, 9.17) is 0 Å². The second kappa shape index (κ2) is 6.09. The third kappa shape index (κ3) is 3.03. The highest BCUT2D eigenvalue weighted by atomic mass is 32.2. The number of nitrogens with zero attached hydrogens (tertiary/aromatic N) is 1. The zero-order valence-electron chi connectivity index (χ0n) is 13.0. The van der Waals surface area contributed by atoms with Gasteiger partial charge < -0.3 is 5.32 Å².